The highest BCUT2D eigenvalue weighted by molar-refractivity contribution is 6.31. The maximum absolute atomic E-state index is 11.9. The minimum Gasteiger partial charge on any atom is -0.456 e. The molecule has 0 bridgehead atoms. The highest BCUT2D eigenvalue weighted by Crippen LogP contribution is 2.22. The van der Waals surface area contributed by atoms with Gasteiger partial charge < -0.3 is 15.4 Å². The number of ether oxygens (including phenoxy) is 1. The Labute approximate surface area is 173 Å². The molecule has 28 heavy (non-hydrogen) atoms. The summed E-state index contributed by atoms with van der Waals surface area (Å²) in [5.41, 5.74) is 1.92. The number of amides is 2. The Morgan fingerprint density at radius 3 is 2.36 bits per heavy atom. The zero-order chi connectivity index (χ0) is 20.5. The highest BCUT2D eigenvalue weighted by atomic mass is 35.5. The summed E-state index contributed by atoms with van der Waals surface area (Å²) in [4.78, 5) is 35.4. The monoisotopic (exact) mass is 422 g/mol. The van der Waals surface area contributed by atoms with Gasteiger partial charge in [-0.1, -0.05) is 29.3 Å². The lowest BCUT2D eigenvalue weighted by Gasteiger charge is -2.10. The second-order valence-corrected chi connectivity index (χ2v) is 6.87. The summed E-state index contributed by atoms with van der Waals surface area (Å²) in [6.07, 6.45) is 0.510. The Balaban J connectivity index is 1.65. The number of nitrogens with one attached hydrogen (secondary N) is 2. The van der Waals surface area contributed by atoms with E-state index in [0.29, 0.717) is 27.8 Å². The Hall–Kier alpha value is -2.57. The summed E-state index contributed by atoms with van der Waals surface area (Å²) in [5.74, 6) is -1.22. The van der Waals surface area contributed by atoms with E-state index in [0.717, 1.165) is 5.56 Å². The molecule has 2 aromatic carbocycles. The van der Waals surface area contributed by atoms with E-state index in [4.69, 9.17) is 27.9 Å². The first-order valence-corrected chi connectivity index (χ1v) is 9.37. The van der Waals surface area contributed by atoms with Crippen LogP contribution in [0.15, 0.2) is 42.5 Å². The van der Waals surface area contributed by atoms with Crippen molar-refractivity contribution in [3.63, 3.8) is 0 Å². The average Bonchev–Trinajstić information content (AvgIpc) is 2.66. The quantitative estimate of drug-likeness (QED) is 0.609. The molecular weight excluding hydrogens is 403 g/mol. The normalized spacial score (nSPS) is 10.2. The summed E-state index contributed by atoms with van der Waals surface area (Å²) in [6, 6.07) is 11.9. The number of esters is 1. The topological polar surface area (TPSA) is 84.5 Å². The molecule has 2 amide bonds. The van der Waals surface area contributed by atoms with Crippen molar-refractivity contribution in [2.45, 2.75) is 26.2 Å². The Bertz CT molecular complexity index is 854. The van der Waals surface area contributed by atoms with E-state index < -0.39 is 18.5 Å². The van der Waals surface area contributed by atoms with Gasteiger partial charge in [-0.25, -0.2) is 0 Å². The Morgan fingerprint density at radius 1 is 0.929 bits per heavy atom. The first kappa shape index (κ1) is 21.7. The van der Waals surface area contributed by atoms with Gasteiger partial charge in [0.15, 0.2) is 6.61 Å². The zero-order valence-corrected chi connectivity index (χ0v) is 16.8. The number of carbonyl (C=O) groups is 3. The first-order valence-electron chi connectivity index (χ1n) is 8.61. The van der Waals surface area contributed by atoms with Gasteiger partial charge in [0.05, 0.1) is 0 Å². The van der Waals surface area contributed by atoms with Crippen LogP contribution in [0.5, 0.6) is 0 Å². The van der Waals surface area contributed by atoms with E-state index in [-0.39, 0.29) is 18.7 Å². The Morgan fingerprint density at radius 2 is 1.64 bits per heavy atom. The summed E-state index contributed by atoms with van der Waals surface area (Å²) in [5, 5.41) is 6.46. The number of carbonyl (C=O) groups excluding carboxylic acids is 3. The minimum atomic E-state index is -0.544. The van der Waals surface area contributed by atoms with Crippen LogP contribution < -0.4 is 10.6 Å². The molecule has 0 spiro atoms. The summed E-state index contributed by atoms with van der Waals surface area (Å²) >= 11 is 11.8. The van der Waals surface area contributed by atoms with Crippen molar-refractivity contribution in [3.05, 3.63) is 58.1 Å². The van der Waals surface area contributed by atoms with Crippen molar-refractivity contribution in [1.82, 2.24) is 0 Å². The fourth-order valence-corrected chi connectivity index (χ4v) is 2.60. The van der Waals surface area contributed by atoms with Crippen molar-refractivity contribution in [3.8, 4) is 0 Å². The lowest BCUT2D eigenvalue weighted by Crippen LogP contribution is -2.21. The third kappa shape index (κ3) is 7.21. The molecular formula is C20H20Cl2N2O4. The summed E-state index contributed by atoms with van der Waals surface area (Å²) < 4.78 is 4.93. The lowest BCUT2D eigenvalue weighted by molar-refractivity contribution is -0.147. The molecule has 2 rings (SSSR count). The van der Waals surface area contributed by atoms with Crippen LogP contribution in [-0.2, 0) is 19.1 Å². The highest BCUT2D eigenvalue weighted by Gasteiger charge is 2.11. The molecule has 148 valence electrons. The van der Waals surface area contributed by atoms with Crippen molar-refractivity contribution < 1.29 is 19.1 Å². The molecule has 0 aromatic heterocycles. The summed E-state index contributed by atoms with van der Waals surface area (Å²) in [7, 11) is 0. The van der Waals surface area contributed by atoms with Crippen molar-refractivity contribution in [2.24, 2.45) is 0 Å². The molecule has 0 aliphatic heterocycles. The van der Waals surface area contributed by atoms with Gasteiger partial charge in [-0.3, -0.25) is 14.4 Å². The van der Waals surface area contributed by atoms with Crippen molar-refractivity contribution in [2.75, 3.05) is 17.2 Å². The van der Waals surface area contributed by atoms with Gasteiger partial charge in [-0.2, -0.15) is 0 Å². The second-order valence-electron chi connectivity index (χ2n) is 6.03. The predicted octanol–water partition coefficient (Wildman–Crippen LogP) is 4.59. The average molecular weight is 423 g/mol. The van der Waals surface area contributed by atoms with Gasteiger partial charge in [0.1, 0.15) is 0 Å². The SMILES string of the molecule is Cc1c(Cl)cccc1NC(=O)COC(=O)CCCC(=O)Nc1ccc(Cl)cc1. The van der Waals surface area contributed by atoms with Crippen LogP contribution in [0.25, 0.3) is 0 Å². The summed E-state index contributed by atoms with van der Waals surface area (Å²) in [6.45, 7) is 1.38. The fourth-order valence-electron chi connectivity index (χ4n) is 2.30. The number of hydrogen-bond acceptors (Lipinski definition) is 4. The van der Waals surface area contributed by atoms with Gasteiger partial charge in [0.25, 0.3) is 5.91 Å². The molecule has 0 saturated carbocycles. The largest absolute Gasteiger partial charge is 0.456 e. The maximum atomic E-state index is 11.9. The lowest BCUT2D eigenvalue weighted by atomic mass is 10.2. The van der Waals surface area contributed by atoms with E-state index in [1.54, 1.807) is 49.4 Å². The van der Waals surface area contributed by atoms with Gasteiger partial charge in [-0.05, 0) is 55.3 Å². The predicted molar refractivity (Wildman–Crippen MR) is 110 cm³/mol. The molecule has 6 nitrogen and oxygen atoms in total. The van der Waals surface area contributed by atoms with Gasteiger partial charge >= 0.3 is 5.97 Å². The Kier molecular flexibility index (Phi) is 8.29. The molecule has 0 heterocycles. The van der Waals surface area contributed by atoms with Crippen LogP contribution >= 0.6 is 23.2 Å². The number of benzene rings is 2. The van der Waals surface area contributed by atoms with Crippen molar-refractivity contribution >= 4 is 52.4 Å². The van der Waals surface area contributed by atoms with E-state index in [1.807, 2.05) is 0 Å². The molecule has 2 N–H and O–H groups in total. The van der Waals surface area contributed by atoms with Crippen LogP contribution in [0.3, 0.4) is 0 Å². The third-order valence-corrected chi connectivity index (χ3v) is 4.48. The number of halogens is 2. The minimum absolute atomic E-state index is 0.0392. The number of hydrogen-bond donors (Lipinski definition) is 2. The van der Waals surface area contributed by atoms with Crippen molar-refractivity contribution in [1.29, 1.82) is 0 Å². The number of rotatable bonds is 8. The van der Waals surface area contributed by atoms with Crippen LogP contribution in [0.2, 0.25) is 10.0 Å². The van der Waals surface area contributed by atoms with Gasteiger partial charge in [0, 0.05) is 34.3 Å². The fraction of sp³-hybridized carbons (Fsp3) is 0.250. The molecule has 0 fully saturated rings. The molecule has 8 heteroatoms. The van der Waals surface area contributed by atoms with Gasteiger partial charge in [-0.15, -0.1) is 0 Å². The van der Waals surface area contributed by atoms with E-state index in [2.05, 4.69) is 10.6 Å². The van der Waals surface area contributed by atoms with Gasteiger partial charge in [0.2, 0.25) is 5.91 Å². The molecule has 0 aliphatic carbocycles. The van der Waals surface area contributed by atoms with E-state index in [1.165, 1.54) is 0 Å². The molecule has 0 radical (unpaired) electrons. The smallest absolute Gasteiger partial charge is 0.306 e. The molecule has 2 aromatic rings. The van der Waals surface area contributed by atoms with E-state index >= 15 is 0 Å². The first-order chi connectivity index (χ1) is 13.3. The second kappa shape index (κ2) is 10.7. The van der Waals surface area contributed by atoms with Crippen LogP contribution in [0.4, 0.5) is 11.4 Å². The standard InChI is InChI=1S/C20H20Cl2N2O4/c1-13-16(22)4-2-5-17(13)24-19(26)12-28-20(27)7-3-6-18(25)23-15-10-8-14(21)9-11-15/h2,4-5,8-11H,3,6-7,12H2,1H3,(H,23,25)(H,24,26). The molecule has 0 aliphatic rings. The maximum Gasteiger partial charge on any atom is 0.306 e. The van der Waals surface area contributed by atoms with E-state index in [9.17, 15) is 14.4 Å². The van der Waals surface area contributed by atoms with Crippen LogP contribution in [0.1, 0.15) is 24.8 Å². The molecule has 0 unspecified atom stereocenters. The van der Waals surface area contributed by atoms with Crippen LogP contribution in [0, 0.1) is 6.92 Å². The number of anilines is 2. The molecule has 0 atom stereocenters. The van der Waals surface area contributed by atoms with Crippen LogP contribution in [-0.4, -0.2) is 24.4 Å². The molecule has 0 saturated heterocycles. The third-order valence-electron chi connectivity index (χ3n) is 3.82. The zero-order valence-electron chi connectivity index (χ0n) is 15.3.